The number of ether oxygens (including phenoxy) is 1. The molecular formula is C17H23N3O. The molecule has 1 aromatic heterocycles. The van der Waals surface area contributed by atoms with E-state index in [1.807, 2.05) is 0 Å². The maximum Gasteiger partial charge on any atom is 0.236 e. The molecule has 4 heteroatoms. The zero-order valence-electron chi connectivity index (χ0n) is 13.0. The van der Waals surface area contributed by atoms with E-state index >= 15 is 0 Å². The van der Waals surface area contributed by atoms with Crippen molar-refractivity contribution in [2.75, 3.05) is 13.7 Å². The fourth-order valence-corrected chi connectivity index (χ4v) is 2.38. The molecule has 0 aliphatic heterocycles. The predicted molar refractivity (Wildman–Crippen MR) is 84.5 cm³/mol. The Balaban J connectivity index is 2.10. The molecule has 1 aromatic carbocycles. The first-order chi connectivity index (χ1) is 10.2. The van der Waals surface area contributed by atoms with E-state index in [-0.39, 0.29) is 6.04 Å². The highest BCUT2D eigenvalue weighted by atomic mass is 16.5. The lowest BCUT2D eigenvalue weighted by atomic mass is 10.0. The Kier molecular flexibility index (Phi) is 5.69. The van der Waals surface area contributed by atoms with E-state index in [9.17, 15) is 0 Å². The van der Waals surface area contributed by atoms with Gasteiger partial charge >= 0.3 is 0 Å². The minimum Gasteiger partial charge on any atom is -0.480 e. The lowest BCUT2D eigenvalue weighted by Crippen LogP contribution is -2.23. The molecular weight excluding hydrogens is 262 g/mol. The maximum atomic E-state index is 5.33. The Labute approximate surface area is 126 Å². The summed E-state index contributed by atoms with van der Waals surface area (Å²) in [5.74, 6) is 0.604. The van der Waals surface area contributed by atoms with Crippen molar-refractivity contribution in [3.63, 3.8) is 0 Å². The van der Waals surface area contributed by atoms with E-state index in [1.165, 1.54) is 11.1 Å². The zero-order chi connectivity index (χ0) is 15.1. The Hall–Kier alpha value is -1.94. The summed E-state index contributed by atoms with van der Waals surface area (Å²) in [7, 11) is 1.64. The zero-order valence-corrected chi connectivity index (χ0v) is 13.0. The molecule has 0 spiro atoms. The van der Waals surface area contributed by atoms with Crippen molar-refractivity contribution in [3.05, 3.63) is 53.5 Å². The summed E-state index contributed by atoms with van der Waals surface area (Å²) in [6.45, 7) is 5.09. The van der Waals surface area contributed by atoms with Gasteiger partial charge in [0.2, 0.25) is 5.88 Å². The van der Waals surface area contributed by atoms with Crippen LogP contribution in [0.2, 0.25) is 0 Å². The smallest absolute Gasteiger partial charge is 0.236 e. The third-order valence-corrected chi connectivity index (χ3v) is 3.51. The summed E-state index contributed by atoms with van der Waals surface area (Å²) in [6.07, 6.45) is 5.34. The predicted octanol–water partition coefficient (Wildman–Crippen LogP) is 3.08. The van der Waals surface area contributed by atoms with Crippen LogP contribution in [-0.4, -0.2) is 23.6 Å². The van der Waals surface area contributed by atoms with Crippen molar-refractivity contribution in [2.24, 2.45) is 0 Å². The lowest BCUT2D eigenvalue weighted by molar-refractivity contribution is 0.374. The molecule has 0 saturated heterocycles. The van der Waals surface area contributed by atoms with Gasteiger partial charge in [-0.25, -0.2) is 4.98 Å². The Bertz CT molecular complexity index is 554. The molecule has 0 aliphatic rings. The van der Waals surface area contributed by atoms with Crippen LogP contribution in [0.1, 0.15) is 36.2 Å². The number of hydrogen-bond acceptors (Lipinski definition) is 4. The van der Waals surface area contributed by atoms with Crippen molar-refractivity contribution in [2.45, 2.75) is 32.7 Å². The van der Waals surface area contributed by atoms with Gasteiger partial charge in [0, 0.05) is 12.4 Å². The van der Waals surface area contributed by atoms with Crippen LogP contribution in [0.3, 0.4) is 0 Å². The molecule has 0 amide bonds. The summed E-state index contributed by atoms with van der Waals surface area (Å²) in [4.78, 5) is 8.69. The number of methoxy groups -OCH3 is 1. The summed E-state index contributed by atoms with van der Waals surface area (Å²) in [5.41, 5.74) is 3.51. The molecule has 0 fully saturated rings. The van der Waals surface area contributed by atoms with Crippen LogP contribution in [0, 0.1) is 6.92 Å². The van der Waals surface area contributed by atoms with E-state index in [2.05, 4.69) is 53.4 Å². The van der Waals surface area contributed by atoms with E-state index in [1.54, 1.807) is 19.5 Å². The second-order valence-electron chi connectivity index (χ2n) is 5.09. The first kappa shape index (κ1) is 15.4. The highest BCUT2D eigenvalue weighted by molar-refractivity contribution is 5.24. The van der Waals surface area contributed by atoms with Crippen molar-refractivity contribution < 1.29 is 4.74 Å². The van der Waals surface area contributed by atoms with Gasteiger partial charge in [0.05, 0.1) is 13.2 Å². The van der Waals surface area contributed by atoms with Gasteiger partial charge in [-0.15, -0.1) is 0 Å². The standard InChI is InChI=1S/C17H23N3O/c1-4-18-15(16-17(21-3)20-12-11-19-16)10-9-14-7-5-13(2)6-8-14/h5-8,11-12,15,18H,4,9-10H2,1-3H3. The van der Waals surface area contributed by atoms with E-state index in [0.29, 0.717) is 5.88 Å². The normalized spacial score (nSPS) is 12.1. The van der Waals surface area contributed by atoms with Gasteiger partial charge in [-0.2, -0.15) is 0 Å². The van der Waals surface area contributed by atoms with Crippen molar-refractivity contribution in [3.8, 4) is 5.88 Å². The molecule has 0 bridgehead atoms. The van der Waals surface area contributed by atoms with E-state index in [0.717, 1.165) is 25.1 Å². The summed E-state index contributed by atoms with van der Waals surface area (Å²) in [5, 5.41) is 3.47. The Morgan fingerprint density at radius 2 is 1.86 bits per heavy atom. The fourth-order valence-electron chi connectivity index (χ4n) is 2.38. The molecule has 0 aliphatic carbocycles. The Morgan fingerprint density at radius 3 is 2.52 bits per heavy atom. The number of rotatable bonds is 7. The SMILES string of the molecule is CCNC(CCc1ccc(C)cc1)c1nccnc1OC. The van der Waals surface area contributed by atoms with Crippen molar-refractivity contribution in [1.29, 1.82) is 0 Å². The summed E-state index contributed by atoms with van der Waals surface area (Å²) in [6, 6.07) is 8.83. The summed E-state index contributed by atoms with van der Waals surface area (Å²) < 4.78 is 5.33. The quantitative estimate of drug-likeness (QED) is 0.849. The van der Waals surface area contributed by atoms with Crippen LogP contribution >= 0.6 is 0 Å². The number of benzene rings is 1. The van der Waals surface area contributed by atoms with Crippen LogP contribution in [0.5, 0.6) is 5.88 Å². The molecule has 21 heavy (non-hydrogen) atoms. The third-order valence-electron chi connectivity index (χ3n) is 3.51. The van der Waals surface area contributed by atoms with Crippen LogP contribution in [0.25, 0.3) is 0 Å². The first-order valence-corrected chi connectivity index (χ1v) is 7.38. The monoisotopic (exact) mass is 285 g/mol. The van der Waals surface area contributed by atoms with E-state index in [4.69, 9.17) is 4.74 Å². The van der Waals surface area contributed by atoms with Crippen LogP contribution in [0.4, 0.5) is 0 Å². The minimum absolute atomic E-state index is 0.153. The average Bonchev–Trinajstić information content (AvgIpc) is 2.53. The molecule has 4 nitrogen and oxygen atoms in total. The molecule has 1 unspecified atom stereocenters. The molecule has 112 valence electrons. The van der Waals surface area contributed by atoms with Crippen molar-refractivity contribution >= 4 is 0 Å². The van der Waals surface area contributed by atoms with Crippen LogP contribution in [-0.2, 0) is 6.42 Å². The largest absolute Gasteiger partial charge is 0.480 e. The molecule has 1 heterocycles. The minimum atomic E-state index is 0.153. The molecule has 2 rings (SSSR count). The second-order valence-corrected chi connectivity index (χ2v) is 5.09. The number of aromatic nitrogens is 2. The van der Waals surface area contributed by atoms with Gasteiger partial charge in [0.1, 0.15) is 5.69 Å². The van der Waals surface area contributed by atoms with Gasteiger partial charge in [-0.05, 0) is 31.9 Å². The van der Waals surface area contributed by atoms with Crippen LogP contribution in [0.15, 0.2) is 36.7 Å². The fraction of sp³-hybridized carbons (Fsp3) is 0.412. The van der Waals surface area contributed by atoms with Gasteiger partial charge in [-0.3, -0.25) is 4.98 Å². The first-order valence-electron chi connectivity index (χ1n) is 7.38. The van der Waals surface area contributed by atoms with E-state index < -0.39 is 0 Å². The number of nitrogens with zero attached hydrogens (tertiary/aromatic N) is 2. The van der Waals surface area contributed by atoms with Crippen molar-refractivity contribution in [1.82, 2.24) is 15.3 Å². The number of nitrogens with one attached hydrogen (secondary N) is 1. The maximum absolute atomic E-state index is 5.33. The topological polar surface area (TPSA) is 47.0 Å². The summed E-state index contributed by atoms with van der Waals surface area (Å²) >= 11 is 0. The lowest BCUT2D eigenvalue weighted by Gasteiger charge is -2.18. The molecule has 1 atom stereocenters. The highest BCUT2D eigenvalue weighted by Crippen LogP contribution is 2.24. The molecule has 0 saturated carbocycles. The molecule has 2 aromatic rings. The Morgan fingerprint density at radius 1 is 1.14 bits per heavy atom. The molecule has 0 radical (unpaired) electrons. The average molecular weight is 285 g/mol. The molecule has 1 N–H and O–H groups in total. The van der Waals surface area contributed by atoms with Gasteiger partial charge in [0.25, 0.3) is 0 Å². The second kappa shape index (κ2) is 7.74. The van der Waals surface area contributed by atoms with Gasteiger partial charge in [-0.1, -0.05) is 36.8 Å². The number of hydrogen-bond donors (Lipinski definition) is 1. The highest BCUT2D eigenvalue weighted by Gasteiger charge is 2.17. The van der Waals surface area contributed by atoms with Gasteiger partial charge in [0.15, 0.2) is 0 Å². The number of aryl methyl sites for hydroxylation is 2. The van der Waals surface area contributed by atoms with Gasteiger partial charge < -0.3 is 10.1 Å². The third kappa shape index (κ3) is 4.26. The van der Waals surface area contributed by atoms with Crippen LogP contribution < -0.4 is 10.1 Å².